The standard InChI is InChI=1S/C20H34N2O2/c23-19(18-13-15-4-5-16(18)12-15)21-17-6-10-22(11-7-17)14-20(24)8-2-1-3-9-20/h15-18,24H,1-14H2,(H,21,23). The predicted octanol–water partition coefficient (Wildman–Crippen LogP) is 2.70. The van der Waals surface area contributed by atoms with Gasteiger partial charge < -0.3 is 15.3 Å². The maximum atomic E-state index is 12.6. The Bertz CT molecular complexity index is 453. The second-order valence-corrected chi connectivity index (χ2v) is 9.13. The van der Waals surface area contributed by atoms with E-state index in [2.05, 4.69) is 10.2 Å². The Morgan fingerprint density at radius 1 is 1.04 bits per heavy atom. The van der Waals surface area contributed by atoms with E-state index in [-0.39, 0.29) is 0 Å². The van der Waals surface area contributed by atoms with Crippen LogP contribution in [0.4, 0.5) is 0 Å². The van der Waals surface area contributed by atoms with Crippen LogP contribution in [0, 0.1) is 17.8 Å². The second kappa shape index (κ2) is 6.95. The SMILES string of the molecule is O=C(NC1CCN(CC2(O)CCCCC2)CC1)C1CC2CCC1C2. The van der Waals surface area contributed by atoms with Crippen molar-refractivity contribution in [3.8, 4) is 0 Å². The summed E-state index contributed by atoms with van der Waals surface area (Å²) in [6.45, 7) is 2.87. The third-order valence-electron chi connectivity index (χ3n) is 7.31. The molecule has 136 valence electrons. The van der Waals surface area contributed by atoms with Gasteiger partial charge in [0.1, 0.15) is 0 Å². The topological polar surface area (TPSA) is 52.6 Å². The van der Waals surface area contributed by atoms with Crippen LogP contribution in [-0.2, 0) is 4.79 Å². The van der Waals surface area contributed by atoms with Crippen LogP contribution in [-0.4, -0.2) is 47.2 Å². The van der Waals surface area contributed by atoms with Gasteiger partial charge in [0.2, 0.25) is 5.91 Å². The molecule has 4 heteroatoms. The van der Waals surface area contributed by atoms with Crippen molar-refractivity contribution in [1.82, 2.24) is 10.2 Å². The summed E-state index contributed by atoms with van der Waals surface area (Å²) in [7, 11) is 0. The Morgan fingerprint density at radius 3 is 2.42 bits per heavy atom. The molecule has 4 fully saturated rings. The van der Waals surface area contributed by atoms with E-state index in [0.29, 0.717) is 23.8 Å². The molecule has 0 radical (unpaired) electrons. The molecular formula is C20H34N2O2. The molecule has 1 saturated heterocycles. The predicted molar refractivity (Wildman–Crippen MR) is 94.6 cm³/mol. The first-order chi connectivity index (χ1) is 11.6. The smallest absolute Gasteiger partial charge is 0.223 e. The van der Waals surface area contributed by atoms with Gasteiger partial charge in [0.15, 0.2) is 0 Å². The number of piperidine rings is 1. The molecule has 1 heterocycles. The third kappa shape index (κ3) is 3.65. The van der Waals surface area contributed by atoms with Gasteiger partial charge in [0.25, 0.3) is 0 Å². The molecule has 2 bridgehead atoms. The zero-order valence-electron chi connectivity index (χ0n) is 15.0. The summed E-state index contributed by atoms with van der Waals surface area (Å²) in [5.74, 6) is 2.16. The Balaban J connectivity index is 1.21. The van der Waals surface area contributed by atoms with Crippen molar-refractivity contribution in [3.05, 3.63) is 0 Å². The van der Waals surface area contributed by atoms with E-state index in [1.165, 1.54) is 38.5 Å². The quantitative estimate of drug-likeness (QED) is 0.831. The lowest BCUT2D eigenvalue weighted by molar-refractivity contribution is -0.127. The van der Waals surface area contributed by atoms with Crippen LogP contribution < -0.4 is 5.32 Å². The Labute approximate surface area is 146 Å². The first kappa shape index (κ1) is 16.8. The van der Waals surface area contributed by atoms with Gasteiger partial charge in [-0.15, -0.1) is 0 Å². The summed E-state index contributed by atoms with van der Waals surface area (Å²) in [4.78, 5) is 15.0. The van der Waals surface area contributed by atoms with Crippen molar-refractivity contribution in [1.29, 1.82) is 0 Å². The third-order valence-corrected chi connectivity index (χ3v) is 7.31. The minimum absolute atomic E-state index is 0.310. The number of nitrogens with zero attached hydrogens (tertiary/aromatic N) is 1. The molecule has 3 atom stereocenters. The molecular weight excluding hydrogens is 300 g/mol. The number of fused-ring (bicyclic) bond motifs is 2. The van der Waals surface area contributed by atoms with Crippen molar-refractivity contribution >= 4 is 5.91 Å². The summed E-state index contributed by atoms with van der Waals surface area (Å²) in [6, 6.07) is 0.355. The second-order valence-electron chi connectivity index (χ2n) is 9.13. The number of nitrogens with one attached hydrogen (secondary N) is 1. The summed E-state index contributed by atoms with van der Waals surface area (Å²) in [5, 5.41) is 14.1. The van der Waals surface area contributed by atoms with Crippen molar-refractivity contribution in [3.63, 3.8) is 0 Å². The van der Waals surface area contributed by atoms with Crippen LogP contribution >= 0.6 is 0 Å². The number of aliphatic hydroxyl groups is 1. The molecule has 1 amide bonds. The van der Waals surface area contributed by atoms with Gasteiger partial charge >= 0.3 is 0 Å². The lowest BCUT2D eigenvalue weighted by Gasteiger charge is -2.40. The molecule has 4 nitrogen and oxygen atoms in total. The zero-order valence-corrected chi connectivity index (χ0v) is 15.0. The molecule has 2 N–H and O–H groups in total. The maximum absolute atomic E-state index is 12.6. The van der Waals surface area contributed by atoms with Gasteiger partial charge in [-0.1, -0.05) is 25.7 Å². The van der Waals surface area contributed by atoms with Crippen molar-refractivity contribution in [2.45, 2.75) is 82.3 Å². The Morgan fingerprint density at radius 2 is 1.79 bits per heavy atom. The summed E-state index contributed by atoms with van der Waals surface area (Å²) in [5.41, 5.74) is -0.447. The molecule has 4 rings (SSSR count). The number of β-amino-alcohol motifs (C(OH)–C–C–N with tert-alkyl or cyclic N) is 1. The molecule has 24 heavy (non-hydrogen) atoms. The highest BCUT2D eigenvalue weighted by Gasteiger charge is 2.43. The van der Waals surface area contributed by atoms with Crippen LogP contribution in [0.25, 0.3) is 0 Å². The number of carbonyl (C=O) groups excluding carboxylic acids is 1. The van der Waals surface area contributed by atoms with E-state index in [9.17, 15) is 9.90 Å². The van der Waals surface area contributed by atoms with Gasteiger partial charge in [-0.05, 0) is 56.8 Å². The van der Waals surface area contributed by atoms with E-state index in [4.69, 9.17) is 0 Å². The minimum atomic E-state index is -0.447. The van der Waals surface area contributed by atoms with E-state index in [0.717, 1.165) is 57.7 Å². The van der Waals surface area contributed by atoms with E-state index in [1.54, 1.807) is 0 Å². The van der Waals surface area contributed by atoms with Crippen LogP contribution in [0.3, 0.4) is 0 Å². The zero-order chi connectivity index (χ0) is 16.6. The molecule has 0 spiro atoms. The fourth-order valence-corrected chi connectivity index (χ4v) is 5.89. The highest BCUT2D eigenvalue weighted by atomic mass is 16.3. The summed E-state index contributed by atoms with van der Waals surface area (Å²) in [6.07, 6.45) is 12.7. The average molecular weight is 335 g/mol. The fraction of sp³-hybridized carbons (Fsp3) is 0.950. The van der Waals surface area contributed by atoms with Crippen LogP contribution in [0.5, 0.6) is 0 Å². The fourth-order valence-electron chi connectivity index (χ4n) is 5.89. The monoisotopic (exact) mass is 334 g/mol. The lowest BCUT2D eigenvalue weighted by atomic mass is 9.84. The largest absolute Gasteiger partial charge is 0.389 e. The molecule has 0 aromatic rings. The number of likely N-dealkylation sites (tertiary alicyclic amines) is 1. The van der Waals surface area contributed by atoms with E-state index >= 15 is 0 Å². The molecule has 3 unspecified atom stereocenters. The Hall–Kier alpha value is -0.610. The Kier molecular flexibility index (Phi) is 4.88. The van der Waals surface area contributed by atoms with E-state index < -0.39 is 5.60 Å². The molecule has 0 aromatic heterocycles. The summed E-state index contributed by atoms with van der Waals surface area (Å²) >= 11 is 0. The number of amides is 1. The molecule has 0 aromatic carbocycles. The normalized spacial score (nSPS) is 36.8. The lowest BCUT2D eigenvalue weighted by Crippen LogP contribution is -2.51. The van der Waals surface area contributed by atoms with Gasteiger partial charge in [-0.2, -0.15) is 0 Å². The van der Waals surface area contributed by atoms with Gasteiger partial charge in [-0.25, -0.2) is 0 Å². The first-order valence-electron chi connectivity index (χ1n) is 10.4. The highest BCUT2D eigenvalue weighted by molar-refractivity contribution is 5.79. The number of hydrogen-bond donors (Lipinski definition) is 2. The van der Waals surface area contributed by atoms with Crippen molar-refractivity contribution in [2.75, 3.05) is 19.6 Å². The molecule has 3 aliphatic carbocycles. The van der Waals surface area contributed by atoms with Gasteiger partial charge in [-0.3, -0.25) is 4.79 Å². The molecule has 4 aliphatic rings. The number of hydrogen-bond acceptors (Lipinski definition) is 3. The summed E-state index contributed by atoms with van der Waals surface area (Å²) < 4.78 is 0. The van der Waals surface area contributed by atoms with Gasteiger partial charge in [0, 0.05) is 31.6 Å². The van der Waals surface area contributed by atoms with Crippen LogP contribution in [0.1, 0.15) is 70.6 Å². The maximum Gasteiger partial charge on any atom is 0.223 e. The van der Waals surface area contributed by atoms with Crippen molar-refractivity contribution < 1.29 is 9.90 Å². The first-order valence-corrected chi connectivity index (χ1v) is 10.4. The minimum Gasteiger partial charge on any atom is -0.389 e. The van der Waals surface area contributed by atoms with E-state index in [1.807, 2.05) is 0 Å². The molecule has 3 saturated carbocycles. The average Bonchev–Trinajstić information content (AvgIpc) is 3.20. The van der Waals surface area contributed by atoms with Crippen LogP contribution in [0.2, 0.25) is 0 Å². The van der Waals surface area contributed by atoms with Crippen LogP contribution in [0.15, 0.2) is 0 Å². The number of rotatable bonds is 4. The molecule has 1 aliphatic heterocycles. The number of carbonyl (C=O) groups is 1. The highest BCUT2D eigenvalue weighted by Crippen LogP contribution is 2.48. The van der Waals surface area contributed by atoms with Crippen molar-refractivity contribution in [2.24, 2.45) is 17.8 Å². The van der Waals surface area contributed by atoms with Gasteiger partial charge in [0.05, 0.1) is 5.60 Å².